The second-order valence-electron chi connectivity index (χ2n) is 29.7. The molecule has 2 saturated heterocycles. The molecule has 7 aromatic rings. The van der Waals surface area contributed by atoms with E-state index >= 15 is 14.4 Å². The molecule has 0 spiro atoms. The zero-order valence-corrected chi connectivity index (χ0v) is 66.6. The molecule has 2 fully saturated rings. The number of rotatable bonds is 18. The van der Waals surface area contributed by atoms with Crippen molar-refractivity contribution in [2.75, 3.05) is 19.0 Å². The maximum absolute atomic E-state index is 16.2. The lowest BCUT2D eigenvalue weighted by Crippen LogP contribution is -2.65. The number of aromatic nitrogens is 1. The maximum atomic E-state index is 16.2. The number of aromatic hydroxyl groups is 3. The van der Waals surface area contributed by atoms with E-state index in [0.29, 0.717) is 11.3 Å². The number of anilines is 1. The number of benzene rings is 6. The summed E-state index contributed by atoms with van der Waals surface area (Å²) in [6, 6.07) is 5.00. The Morgan fingerprint density at radius 1 is 0.689 bits per heavy atom. The van der Waals surface area contributed by atoms with E-state index in [1.165, 1.54) is 56.7 Å². The quantitative estimate of drug-likeness (QED) is 0.0579. The van der Waals surface area contributed by atoms with Crippen molar-refractivity contribution in [1.29, 1.82) is 0 Å². The number of hydrogen-bond donors (Lipinski definition) is 20. The fourth-order valence-corrected chi connectivity index (χ4v) is 15.5. The number of primary amides is 1. The van der Waals surface area contributed by atoms with Crippen LogP contribution in [0.25, 0.3) is 11.1 Å². The molecule has 14 rings (SSSR count). The van der Waals surface area contributed by atoms with E-state index in [2.05, 4.69) is 52.8 Å². The van der Waals surface area contributed by atoms with Crippen LogP contribution in [0.1, 0.15) is 121 Å². The highest BCUT2D eigenvalue weighted by atomic mass is 35.5. The highest BCUT2D eigenvalue weighted by Crippen LogP contribution is 2.50. The zero-order valence-electron chi connectivity index (χ0n) is 63.5. The number of nitrogens with zero attached hydrogens (tertiary/aromatic N) is 1. The predicted molar refractivity (Wildman–Crippen MR) is 421 cm³/mol. The average Bonchev–Trinajstić information content (AvgIpc) is 0.766. The van der Waals surface area contributed by atoms with Crippen LogP contribution in [0, 0.1) is 5.92 Å². The molecule has 0 radical (unpaired) electrons. The van der Waals surface area contributed by atoms with Gasteiger partial charge in [-0.2, -0.15) is 0 Å². The number of nitrogens with two attached hydrogens (primary N) is 1. The molecule has 21 N–H and O–H groups in total. The Morgan fingerprint density at radius 2 is 1.32 bits per heavy atom. The number of fused-ring (bicyclic) bond motifs is 15. The Hall–Kier alpha value is -10.8. The Labute approximate surface area is 696 Å². The minimum absolute atomic E-state index is 0.0494. The summed E-state index contributed by atoms with van der Waals surface area (Å²) in [5.74, 6) is -16.9. The van der Waals surface area contributed by atoms with Gasteiger partial charge >= 0.3 is 5.97 Å². The van der Waals surface area contributed by atoms with Gasteiger partial charge in [-0.1, -0.05) is 78.5 Å². The van der Waals surface area contributed by atoms with Crippen LogP contribution in [0.4, 0.5) is 5.69 Å². The molecule has 8 amide bonds. The Bertz CT molecular complexity index is 5110. The van der Waals surface area contributed by atoms with Gasteiger partial charge in [0.25, 0.3) is 5.91 Å². The maximum Gasteiger partial charge on any atom is 0.330 e. The number of phenolic OH excluding ortho intramolecular Hbond substituents is 3. The average molecular weight is 1730 g/mol. The van der Waals surface area contributed by atoms with Gasteiger partial charge in [0.2, 0.25) is 53.4 Å². The molecule has 36 nitrogen and oxygen atoms in total. The number of aliphatic hydroxyl groups is 6. The number of carboxylic acids is 1. The van der Waals surface area contributed by atoms with Crippen molar-refractivity contribution in [2.24, 2.45) is 11.7 Å². The van der Waals surface area contributed by atoms with E-state index in [1.807, 2.05) is 13.8 Å². The first-order chi connectivity index (χ1) is 56.4. The molecule has 119 heavy (non-hydrogen) atoms. The van der Waals surface area contributed by atoms with Crippen molar-refractivity contribution in [3.8, 4) is 57.1 Å². The molecule has 6 aromatic carbocycles. The van der Waals surface area contributed by atoms with Crippen molar-refractivity contribution in [2.45, 2.75) is 163 Å². The van der Waals surface area contributed by atoms with E-state index in [9.17, 15) is 79.8 Å². The number of amides is 8. The standard InChI is InChI=1S/C79H83Cl4N11O25/c1-30(2)12-46(85-5)71(106)93-61-63(100)34-7-10-50(44(82)15-34)115-52-17-36-18-53(67(52)119-78-68(66(103)65(102)54(29-95)117-78)118-56-25-79(4,69(104)31(3)114-56)87-27-32-13-37(28-86-26-32)70(105)88-40-20-38(80)19-39(81)21-40)116-51-11-8-35(16-45(51)83)64(101)62-76(111)92-60(77(112)113)43-22-41(96)23-49(98)57(43)42-14-33(6-9-48(42)97)58(73(108)94-62)91-74(109)59(36)90-72(107)47(24-55(84)99)89-75(61)110/h6-11,13-23,26,28,30-31,46-47,54,56,58-66,68-69,78,85,87,95-98,100-104H,12,24-25,27,29H2,1-5H3,(H2,84,99)(H,88,105)(H,89,110)(H,90,107)(H,91,109)(H,92,111)(H,93,106)(H,94,108)(H,112,113)/t31-,46+,47-,54+,56+,58+,59?,60+,61+,62-,63+,64+,65+,66+,68-,69+,78?,79-/m0/s1. The molecule has 11 bridgehead atoms. The summed E-state index contributed by atoms with van der Waals surface area (Å²) in [5.41, 5.74) is 2.29. The van der Waals surface area contributed by atoms with E-state index in [4.69, 9.17) is 80.6 Å². The van der Waals surface area contributed by atoms with E-state index in [-0.39, 0.29) is 63.4 Å². The van der Waals surface area contributed by atoms with Gasteiger partial charge in [0.05, 0.1) is 46.9 Å². The van der Waals surface area contributed by atoms with E-state index in [1.54, 1.807) is 13.0 Å². The molecular weight excluding hydrogens is 1640 g/mol. The molecule has 8 heterocycles. The second-order valence-corrected chi connectivity index (χ2v) is 31.4. The van der Waals surface area contributed by atoms with Gasteiger partial charge in [-0.15, -0.1) is 0 Å². The van der Waals surface area contributed by atoms with Crippen LogP contribution in [0.15, 0.2) is 116 Å². The lowest BCUT2D eigenvalue weighted by Gasteiger charge is -2.48. The first kappa shape index (κ1) is 87.5. The highest BCUT2D eigenvalue weighted by molar-refractivity contribution is 6.35. The number of halogens is 4. The fourth-order valence-electron chi connectivity index (χ4n) is 14.5. The number of carboxylic acid groups (broad SMARTS) is 1. The third-order valence-electron chi connectivity index (χ3n) is 20.6. The van der Waals surface area contributed by atoms with Gasteiger partial charge in [-0.25, -0.2) is 4.79 Å². The normalized spacial score (nSPS) is 26.7. The monoisotopic (exact) mass is 1730 g/mol. The molecule has 0 aliphatic carbocycles. The number of aliphatic hydroxyl groups excluding tert-OH is 6. The molecule has 7 aliphatic rings. The van der Waals surface area contributed by atoms with Gasteiger partial charge < -0.3 is 133 Å². The van der Waals surface area contributed by atoms with Crippen molar-refractivity contribution in [3.63, 3.8) is 0 Å². The van der Waals surface area contributed by atoms with Crippen molar-refractivity contribution in [3.05, 3.63) is 175 Å². The minimum Gasteiger partial charge on any atom is -0.508 e. The Kier molecular flexibility index (Phi) is 26.8. The van der Waals surface area contributed by atoms with Gasteiger partial charge in [0.15, 0.2) is 29.9 Å². The van der Waals surface area contributed by atoms with Gasteiger partial charge in [-0.05, 0) is 140 Å². The van der Waals surface area contributed by atoms with Crippen LogP contribution in [0.3, 0.4) is 0 Å². The van der Waals surface area contributed by atoms with Crippen LogP contribution in [0.2, 0.25) is 20.1 Å². The lowest BCUT2D eigenvalue weighted by atomic mass is 9.84. The number of phenols is 3. The third kappa shape index (κ3) is 19.4. The molecule has 7 aliphatic heterocycles. The Morgan fingerprint density at radius 3 is 1.94 bits per heavy atom. The van der Waals surface area contributed by atoms with Gasteiger partial charge in [0, 0.05) is 69.4 Å². The topological polar surface area (TPSA) is 558 Å². The third-order valence-corrected chi connectivity index (χ3v) is 21.6. The summed E-state index contributed by atoms with van der Waals surface area (Å²) >= 11 is 26.7. The second kappa shape index (κ2) is 36.4. The summed E-state index contributed by atoms with van der Waals surface area (Å²) in [6.45, 7) is 5.69. The van der Waals surface area contributed by atoms with Crippen LogP contribution in [-0.2, 0) is 59.1 Å². The van der Waals surface area contributed by atoms with E-state index < -0.39 is 248 Å². The number of likely N-dealkylation sites (N-methyl/N-ethyl adjacent to an activating group) is 1. The predicted octanol–water partition coefficient (Wildman–Crippen LogP) is 3.89. The van der Waals surface area contributed by atoms with Crippen molar-refractivity contribution < 1.29 is 123 Å². The first-order valence-corrected chi connectivity index (χ1v) is 38.5. The summed E-state index contributed by atoms with van der Waals surface area (Å²) in [4.78, 5) is 136. The van der Waals surface area contributed by atoms with E-state index in [0.717, 1.165) is 66.7 Å². The lowest BCUT2D eigenvalue weighted by molar-refractivity contribution is -0.334. The zero-order chi connectivity index (χ0) is 86.1. The summed E-state index contributed by atoms with van der Waals surface area (Å²) in [7, 11) is 1.47. The molecule has 18 atom stereocenters. The summed E-state index contributed by atoms with van der Waals surface area (Å²) in [6.07, 6.45) is -16.6. The highest BCUT2D eigenvalue weighted by Gasteiger charge is 2.52. The molecule has 40 heteroatoms. The van der Waals surface area contributed by atoms with Crippen molar-refractivity contribution in [1.82, 2.24) is 47.5 Å². The molecule has 1 aromatic heterocycles. The number of ether oxygens (including phenoxy) is 6. The van der Waals surface area contributed by atoms with Gasteiger partial charge in [-0.3, -0.25) is 43.3 Å². The Balaban J connectivity index is 1.02. The van der Waals surface area contributed by atoms with Crippen molar-refractivity contribution >= 4 is 105 Å². The van der Waals surface area contributed by atoms with Crippen LogP contribution < -0.4 is 67.8 Å². The van der Waals surface area contributed by atoms with Crippen LogP contribution >= 0.6 is 46.4 Å². The molecule has 2 unspecified atom stereocenters. The number of carbonyl (C=O) groups excluding carboxylic acids is 8. The van der Waals surface area contributed by atoms with Gasteiger partial charge in [0.1, 0.15) is 89.5 Å². The molecule has 632 valence electrons. The smallest absolute Gasteiger partial charge is 0.330 e. The summed E-state index contributed by atoms with van der Waals surface area (Å²) < 4.78 is 39.4. The number of pyridine rings is 1. The largest absolute Gasteiger partial charge is 0.508 e. The van der Waals surface area contributed by atoms with Crippen LogP contribution in [-0.4, -0.2) is 202 Å². The SMILES string of the molecule is CN[C@H](CC(C)C)C(=O)N[C@H]1C(=O)N[C@@H](CC(N)=O)C(=O)NC2C(=O)N[C@H]3C(=O)N[C@H](C(=O)N[C@@H](C(=O)O)c4cc(O)cc(O)c4-c4cc3ccc4O)[C@H](O)c3ccc(c(Cl)c3)Oc3cc2cc(c3OC2O[C@H](CO)[C@@H](O)[C@@H](O)[C@@H]2O[C@@H]2C[C@](C)(NCc3cncc(C(=O)Nc4cc(Cl)cc(Cl)c4)c3)[C@H](O)[C@H](C)O2)Oc2ccc(cc2Cl)[C@H]1O. The minimum atomic E-state index is -2.39. The number of nitrogens with one attached hydrogen (secondary N) is 9. The van der Waals surface area contributed by atoms with Crippen LogP contribution in [0.5, 0.6) is 46.0 Å². The summed E-state index contributed by atoms with van der Waals surface area (Å²) in [5, 5.41) is 140. The first-order valence-electron chi connectivity index (χ1n) is 37.0. The number of hydrogen-bond acceptors (Lipinski definition) is 27. The molecular formula is C79H83Cl4N11O25. The molecule has 0 saturated carbocycles. The number of aliphatic carboxylic acids is 1. The fraction of sp³-hybridized carbons (Fsp3) is 0.367. The number of carbonyl (C=O) groups is 9.